The molecule has 4 atom stereocenters. The lowest BCUT2D eigenvalue weighted by Crippen LogP contribution is -2.65. The van der Waals surface area contributed by atoms with Crippen LogP contribution in [-0.4, -0.2) is 70.9 Å². The molecule has 0 N–H and O–H groups in total. The van der Waals surface area contributed by atoms with Crippen LogP contribution >= 0.6 is 23.5 Å². The zero-order valence-electron chi connectivity index (χ0n) is 42.8. The summed E-state index contributed by atoms with van der Waals surface area (Å²) in [6.07, 6.45) is 10.6. The van der Waals surface area contributed by atoms with Crippen molar-refractivity contribution in [3.8, 4) is 11.5 Å². The van der Waals surface area contributed by atoms with Gasteiger partial charge in [-0.3, -0.25) is 0 Å². The lowest BCUT2D eigenvalue weighted by molar-refractivity contribution is -0.315. The van der Waals surface area contributed by atoms with Gasteiger partial charge in [-0.1, -0.05) is 72.8 Å². The Bertz CT molecular complexity index is 2640. The molecule has 6 aromatic carbocycles. The number of ether oxygens (including phenoxy) is 6. The summed E-state index contributed by atoms with van der Waals surface area (Å²) in [6, 6.07) is 58.7. The molecule has 2 saturated heterocycles. The number of carbonyl (C=O) groups excluding carboxylic acids is 2. The Morgan fingerprint density at radius 1 is 0.434 bits per heavy atom. The molecule has 6 aromatic rings. The number of hydrogen-bond acceptors (Lipinski definition) is 10. The molecule has 76 heavy (non-hydrogen) atoms. The van der Waals surface area contributed by atoms with Gasteiger partial charge >= 0.3 is 11.9 Å². The SMILES string of the molecule is O=C(COc1ccc([S+](c2ccccc2)c2ccccc2)cc1)OC12CC3CC(C1)C1(OCCO1)C(C3)C2.O=C(COc1ccc([S+](c2ccccc2)c2ccccc2)cc1)OC12CC3CC(C1)C1(SCCS1)C(C3)C2. The van der Waals surface area contributed by atoms with E-state index in [-0.39, 0.29) is 58.1 Å². The second-order valence-electron chi connectivity index (χ2n) is 22.2. The molecule has 2 aliphatic heterocycles. The predicted octanol–water partition coefficient (Wildman–Crippen LogP) is 13.5. The van der Waals surface area contributed by atoms with Crippen molar-refractivity contribution in [2.45, 2.75) is 115 Å². The van der Waals surface area contributed by atoms with E-state index >= 15 is 0 Å². The molecule has 0 radical (unpaired) electrons. The van der Waals surface area contributed by atoms with Crippen LogP contribution in [-0.2, 0) is 50.3 Å². The van der Waals surface area contributed by atoms with Gasteiger partial charge < -0.3 is 28.4 Å². The minimum atomic E-state index is -0.427. The monoisotopic (exact) mass is 1090 g/mol. The summed E-state index contributed by atoms with van der Waals surface area (Å²) in [7, 11) is -0.414. The van der Waals surface area contributed by atoms with Crippen LogP contribution in [0, 0.1) is 35.5 Å². The number of esters is 2. The first-order chi connectivity index (χ1) is 37.2. The molecule has 12 heteroatoms. The third-order valence-corrected chi connectivity index (χ3v) is 25.9. The summed E-state index contributed by atoms with van der Waals surface area (Å²) in [5.74, 6) is 6.34. The van der Waals surface area contributed by atoms with Gasteiger partial charge in [0.15, 0.2) is 48.4 Å². The molecule has 0 amide bonds. The van der Waals surface area contributed by atoms with Crippen LogP contribution in [0.2, 0.25) is 0 Å². The van der Waals surface area contributed by atoms with Crippen LogP contribution in [0.25, 0.3) is 0 Å². The molecule has 8 nitrogen and oxygen atoms in total. The van der Waals surface area contributed by atoms with Gasteiger partial charge in [-0.05, 0) is 185 Å². The van der Waals surface area contributed by atoms with Crippen molar-refractivity contribution in [2.75, 3.05) is 37.9 Å². The molecule has 392 valence electrons. The lowest BCUT2D eigenvalue weighted by Gasteiger charge is -2.62. The standard InChI is InChI=1S/C32H33O5S.C32H33O3S3/c33-30(37-31-19-23-17-24(20-31)32(25(18-23)21-31)35-15-16-36-32)22-34-26-11-13-29(14-12-26)38(27-7-3-1-4-8-27)28-9-5-2-6-10-28;33-30(35-31-19-23-17-24(20-31)32(25(18-23)21-31)36-15-16-37-32)22-34-26-11-13-29(14-12-26)38(27-7-3-1-4-8-27)28-9-5-2-6-10-28/h2*1-14,23-25H,15-22H2/q2*+1. The van der Waals surface area contributed by atoms with Crippen LogP contribution in [0.15, 0.2) is 199 Å². The topological polar surface area (TPSA) is 89.5 Å². The Kier molecular flexibility index (Phi) is 14.3. The highest BCUT2D eigenvalue weighted by Crippen LogP contribution is 2.70. The van der Waals surface area contributed by atoms with Gasteiger partial charge in [0, 0.05) is 23.3 Å². The molecule has 4 unspecified atom stereocenters. The zero-order valence-corrected chi connectivity index (χ0v) is 46.1. The van der Waals surface area contributed by atoms with E-state index in [4.69, 9.17) is 28.4 Å². The maximum Gasteiger partial charge on any atom is 0.344 e. The van der Waals surface area contributed by atoms with E-state index < -0.39 is 5.79 Å². The summed E-state index contributed by atoms with van der Waals surface area (Å²) >= 11 is 4.41. The second-order valence-corrected chi connectivity index (χ2v) is 29.3. The molecular formula is C64H66O8S4+2. The number of benzene rings is 6. The van der Waals surface area contributed by atoms with Gasteiger partial charge in [-0.25, -0.2) is 9.59 Å². The fraction of sp³-hybridized carbons (Fsp3) is 0.406. The van der Waals surface area contributed by atoms with Gasteiger partial charge in [0.25, 0.3) is 0 Å². The second kappa shape index (κ2) is 21.4. The highest BCUT2D eigenvalue weighted by Gasteiger charge is 2.67. The highest BCUT2D eigenvalue weighted by atomic mass is 32.2. The first-order valence-corrected chi connectivity index (χ1v) is 31.8. The van der Waals surface area contributed by atoms with Crippen LogP contribution in [0.5, 0.6) is 11.5 Å². The maximum absolute atomic E-state index is 13.0. The van der Waals surface area contributed by atoms with Crippen molar-refractivity contribution < 1.29 is 38.0 Å². The van der Waals surface area contributed by atoms with Crippen molar-refractivity contribution >= 4 is 57.3 Å². The Labute approximate surface area is 461 Å². The first kappa shape index (κ1) is 50.7. The van der Waals surface area contributed by atoms with E-state index in [1.807, 2.05) is 36.4 Å². The molecule has 2 spiro atoms. The number of hydrogen-bond donors (Lipinski definition) is 0. The smallest absolute Gasteiger partial charge is 0.344 e. The molecule has 8 bridgehead atoms. The molecule has 0 aromatic heterocycles. The van der Waals surface area contributed by atoms with Gasteiger partial charge in [0.05, 0.1) is 39.1 Å². The quantitative estimate of drug-likeness (QED) is 0.0776. The first-order valence-electron chi connectivity index (χ1n) is 27.4. The normalized spacial score (nSPS) is 28.6. The van der Waals surface area contributed by atoms with E-state index in [9.17, 15) is 9.59 Å². The minimum Gasteiger partial charge on any atom is -0.482 e. The largest absolute Gasteiger partial charge is 0.482 e. The maximum atomic E-state index is 13.0. The lowest BCUT2D eigenvalue weighted by atomic mass is 9.51. The molecule has 2 heterocycles. The van der Waals surface area contributed by atoms with Crippen LogP contribution < -0.4 is 9.47 Å². The van der Waals surface area contributed by atoms with Crippen molar-refractivity contribution in [1.82, 2.24) is 0 Å². The average molecular weight is 1090 g/mol. The summed E-state index contributed by atoms with van der Waals surface area (Å²) in [4.78, 5) is 33.5. The summed E-state index contributed by atoms with van der Waals surface area (Å²) in [6.45, 7) is 1.24. The fourth-order valence-electron chi connectivity index (χ4n) is 15.0. The Balaban J connectivity index is 0.000000146. The molecule has 10 fully saturated rings. The summed E-state index contributed by atoms with van der Waals surface area (Å²) in [5, 5.41) is 0. The van der Waals surface area contributed by atoms with Gasteiger partial charge in [0.2, 0.25) is 0 Å². The summed E-state index contributed by atoms with van der Waals surface area (Å²) < 4.78 is 37.0. The van der Waals surface area contributed by atoms with E-state index in [0.29, 0.717) is 58.4 Å². The van der Waals surface area contributed by atoms with Gasteiger partial charge in [0.1, 0.15) is 22.7 Å². The van der Waals surface area contributed by atoms with E-state index in [1.54, 1.807) is 0 Å². The van der Waals surface area contributed by atoms with Crippen LogP contribution in [0.4, 0.5) is 0 Å². The van der Waals surface area contributed by atoms with Crippen molar-refractivity contribution in [3.63, 3.8) is 0 Å². The Hall–Kier alpha value is -4.82. The van der Waals surface area contributed by atoms with E-state index in [2.05, 4.69) is 157 Å². The molecular weight excluding hydrogens is 1020 g/mol. The zero-order chi connectivity index (χ0) is 51.2. The minimum absolute atomic E-state index is 0.0289. The third kappa shape index (κ3) is 10.0. The van der Waals surface area contributed by atoms with E-state index in [0.717, 1.165) is 57.3 Å². The Morgan fingerprint density at radius 2 is 0.763 bits per heavy atom. The predicted molar refractivity (Wildman–Crippen MR) is 301 cm³/mol. The van der Waals surface area contributed by atoms with Gasteiger partial charge in [-0.15, -0.1) is 23.5 Å². The van der Waals surface area contributed by atoms with Crippen LogP contribution in [0.3, 0.4) is 0 Å². The Morgan fingerprint density at radius 3 is 1.13 bits per heavy atom. The van der Waals surface area contributed by atoms with Crippen LogP contribution in [0.1, 0.15) is 64.2 Å². The van der Waals surface area contributed by atoms with Crippen molar-refractivity contribution in [2.24, 2.45) is 35.5 Å². The third-order valence-electron chi connectivity index (χ3n) is 17.4. The van der Waals surface area contributed by atoms with Crippen molar-refractivity contribution in [1.29, 1.82) is 0 Å². The number of rotatable bonds is 14. The fourth-order valence-corrected chi connectivity index (χ4v) is 23.0. The number of carbonyl (C=O) groups is 2. The molecule has 10 aliphatic rings. The van der Waals surface area contributed by atoms with E-state index in [1.165, 1.54) is 53.7 Å². The van der Waals surface area contributed by atoms with Gasteiger partial charge in [-0.2, -0.15) is 0 Å². The number of thioether (sulfide) groups is 2. The van der Waals surface area contributed by atoms with Crippen molar-refractivity contribution in [3.05, 3.63) is 170 Å². The summed E-state index contributed by atoms with van der Waals surface area (Å²) in [5.41, 5.74) is -0.642. The highest BCUT2D eigenvalue weighted by molar-refractivity contribution is 8.21. The molecule has 8 aliphatic carbocycles. The molecule has 8 saturated carbocycles. The average Bonchev–Trinajstić information content (AvgIpc) is 4.19. The molecule has 16 rings (SSSR count).